The molecule has 0 aromatic carbocycles. The molecule has 0 spiro atoms. The number of rotatable bonds is 8. The van der Waals surface area contributed by atoms with Gasteiger partial charge >= 0.3 is 0 Å². The summed E-state index contributed by atoms with van der Waals surface area (Å²) in [4.78, 5) is 33.6. The minimum absolute atomic E-state index is 0.0116. The summed E-state index contributed by atoms with van der Waals surface area (Å²) >= 11 is 0. The first-order valence-electron chi connectivity index (χ1n) is 9.91. The zero-order chi connectivity index (χ0) is 19.1. The fourth-order valence-electron chi connectivity index (χ4n) is 3.42. The summed E-state index contributed by atoms with van der Waals surface area (Å²) in [5.41, 5.74) is 0.606. The summed E-state index contributed by atoms with van der Waals surface area (Å²) in [6.07, 6.45) is 6.33. The minimum Gasteiger partial charge on any atom is -0.360 e. The van der Waals surface area contributed by atoms with Crippen LogP contribution >= 0.6 is 0 Å². The molecule has 1 aromatic heterocycles. The zero-order valence-corrected chi connectivity index (χ0v) is 16.7. The Labute approximate surface area is 157 Å². The van der Waals surface area contributed by atoms with Gasteiger partial charge in [-0.1, -0.05) is 27.2 Å². The molecule has 1 fully saturated rings. The highest BCUT2D eigenvalue weighted by Gasteiger charge is 2.29. The maximum atomic E-state index is 12.8. The normalized spacial score (nSPS) is 17.4. The van der Waals surface area contributed by atoms with Crippen LogP contribution < -0.4 is 4.90 Å². The van der Waals surface area contributed by atoms with Crippen LogP contribution in [0.5, 0.6) is 0 Å². The Morgan fingerprint density at radius 2 is 2.12 bits per heavy atom. The van der Waals surface area contributed by atoms with Crippen LogP contribution in [-0.2, 0) is 4.79 Å². The van der Waals surface area contributed by atoms with E-state index in [1.807, 2.05) is 24.1 Å². The predicted octanol–water partition coefficient (Wildman–Crippen LogP) is 3.79. The maximum Gasteiger partial charge on any atom is 0.255 e. The summed E-state index contributed by atoms with van der Waals surface area (Å²) in [5, 5.41) is 0. The number of nitrogens with zero attached hydrogens (tertiary/aromatic N) is 3. The molecule has 1 saturated heterocycles. The summed E-state index contributed by atoms with van der Waals surface area (Å²) in [7, 11) is 2.02. The highest BCUT2D eigenvalue weighted by atomic mass is 16.2. The lowest BCUT2D eigenvalue weighted by Gasteiger charge is -2.32. The van der Waals surface area contributed by atoms with Gasteiger partial charge in [-0.3, -0.25) is 9.59 Å². The number of unbranched alkanes of at least 4 members (excludes halogenated alkanes) is 1. The molecule has 26 heavy (non-hydrogen) atoms. The van der Waals surface area contributed by atoms with Gasteiger partial charge in [0.25, 0.3) is 5.91 Å². The molecular formula is C21H33N3O2. The average molecular weight is 360 g/mol. The monoisotopic (exact) mass is 359 g/mol. The summed E-state index contributed by atoms with van der Waals surface area (Å²) in [6.45, 7) is 8.52. The van der Waals surface area contributed by atoms with Crippen molar-refractivity contribution in [2.45, 2.75) is 52.9 Å². The number of carbonyl (C=O) groups excluding carboxylic acids is 2. The second-order valence-electron chi connectivity index (χ2n) is 7.83. The van der Waals surface area contributed by atoms with Crippen molar-refractivity contribution in [1.82, 2.24) is 9.88 Å². The fraction of sp³-hybridized carbons (Fsp3) is 0.667. The molecule has 0 N–H and O–H groups in total. The largest absolute Gasteiger partial charge is 0.360 e. The highest BCUT2D eigenvalue weighted by Crippen LogP contribution is 2.22. The van der Waals surface area contributed by atoms with E-state index in [1.165, 1.54) is 0 Å². The molecular weight excluding hydrogens is 326 g/mol. The molecule has 0 bridgehead atoms. The maximum absolute atomic E-state index is 12.8. The highest BCUT2D eigenvalue weighted by molar-refractivity contribution is 5.94. The number of anilines is 1. The molecule has 1 amide bonds. The van der Waals surface area contributed by atoms with Crippen LogP contribution in [0.25, 0.3) is 0 Å². The van der Waals surface area contributed by atoms with Crippen LogP contribution in [0.4, 0.5) is 5.82 Å². The van der Waals surface area contributed by atoms with Crippen LogP contribution in [0.15, 0.2) is 18.3 Å². The van der Waals surface area contributed by atoms with Crippen molar-refractivity contribution < 1.29 is 9.59 Å². The van der Waals surface area contributed by atoms with Gasteiger partial charge in [-0.05, 0) is 37.3 Å². The second-order valence-corrected chi connectivity index (χ2v) is 7.83. The number of amides is 1. The van der Waals surface area contributed by atoms with Gasteiger partial charge in [0, 0.05) is 45.2 Å². The third-order valence-electron chi connectivity index (χ3n) is 5.01. The van der Waals surface area contributed by atoms with Crippen LogP contribution in [0.2, 0.25) is 0 Å². The molecule has 5 nitrogen and oxygen atoms in total. The van der Waals surface area contributed by atoms with Crippen molar-refractivity contribution in [1.29, 1.82) is 0 Å². The molecule has 1 aliphatic heterocycles. The Hall–Kier alpha value is -1.91. The Morgan fingerprint density at radius 1 is 1.35 bits per heavy atom. The number of piperidine rings is 1. The smallest absolute Gasteiger partial charge is 0.255 e. The van der Waals surface area contributed by atoms with Crippen molar-refractivity contribution in [2.24, 2.45) is 11.8 Å². The lowest BCUT2D eigenvalue weighted by molar-refractivity contribution is -0.124. The van der Waals surface area contributed by atoms with Crippen LogP contribution in [0.3, 0.4) is 0 Å². The first-order chi connectivity index (χ1) is 12.4. The molecule has 5 heteroatoms. The Balaban J connectivity index is 1.98. The van der Waals surface area contributed by atoms with E-state index in [0.29, 0.717) is 30.2 Å². The quantitative estimate of drug-likeness (QED) is 0.709. The number of hydrogen-bond donors (Lipinski definition) is 0. The zero-order valence-electron chi connectivity index (χ0n) is 16.7. The number of hydrogen-bond acceptors (Lipinski definition) is 4. The van der Waals surface area contributed by atoms with Gasteiger partial charge in [-0.25, -0.2) is 4.98 Å². The van der Waals surface area contributed by atoms with Gasteiger partial charge in [0.1, 0.15) is 11.6 Å². The molecule has 1 aromatic rings. The topological polar surface area (TPSA) is 53.5 Å². The van der Waals surface area contributed by atoms with Crippen molar-refractivity contribution in [3.8, 4) is 0 Å². The minimum atomic E-state index is -0.0118. The van der Waals surface area contributed by atoms with Crippen LogP contribution in [-0.4, -0.2) is 48.3 Å². The lowest BCUT2D eigenvalue weighted by atomic mass is 9.89. The van der Waals surface area contributed by atoms with E-state index in [2.05, 4.69) is 30.7 Å². The summed E-state index contributed by atoms with van der Waals surface area (Å²) < 4.78 is 0. The Kier molecular flexibility index (Phi) is 7.61. The van der Waals surface area contributed by atoms with Crippen molar-refractivity contribution in [2.75, 3.05) is 31.6 Å². The number of aromatic nitrogens is 1. The lowest BCUT2D eigenvalue weighted by Crippen LogP contribution is -2.42. The summed E-state index contributed by atoms with van der Waals surface area (Å²) in [5.74, 6) is 1.53. The van der Waals surface area contributed by atoms with Gasteiger partial charge in [0.05, 0.1) is 5.56 Å². The van der Waals surface area contributed by atoms with E-state index in [9.17, 15) is 9.59 Å². The van der Waals surface area contributed by atoms with Crippen molar-refractivity contribution in [3.63, 3.8) is 0 Å². The molecule has 144 valence electrons. The fourth-order valence-corrected chi connectivity index (χ4v) is 3.42. The second kappa shape index (κ2) is 9.70. The number of likely N-dealkylation sites (tertiary alicyclic amines) is 1. The molecule has 1 aliphatic rings. The van der Waals surface area contributed by atoms with Gasteiger partial charge in [0.15, 0.2) is 0 Å². The molecule has 2 heterocycles. The van der Waals surface area contributed by atoms with E-state index < -0.39 is 0 Å². The van der Waals surface area contributed by atoms with Crippen molar-refractivity contribution >= 4 is 17.5 Å². The molecule has 1 unspecified atom stereocenters. The summed E-state index contributed by atoms with van der Waals surface area (Å²) in [6, 6.07) is 3.76. The Morgan fingerprint density at radius 3 is 2.73 bits per heavy atom. The van der Waals surface area contributed by atoms with E-state index in [0.717, 1.165) is 44.6 Å². The first kappa shape index (κ1) is 20.4. The predicted molar refractivity (Wildman–Crippen MR) is 106 cm³/mol. The standard InChI is InChI=1S/C21H33N3O2/c1-5-6-11-23(4)20-10-9-17(14-22-20)21(26)24-12-7-8-18(15-24)19(25)13-16(2)3/h9-10,14,16,18H,5-8,11-13,15H2,1-4H3. The van der Waals surface area contributed by atoms with E-state index in [-0.39, 0.29) is 11.8 Å². The average Bonchev–Trinajstić information content (AvgIpc) is 2.65. The molecule has 0 saturated carbocycles. The van der Waals surface area contributed by atoms with Gasteiger partial charge in [-0.2, -0.15) is 0 Å². The van der Waals surface area contributed by atoms with Gasteiger partial charge in [-0.15, -0.1) is 0 Å². The van der Waals surface area contributed by atoms with E-state index >= 15 is 0 Å². The molecule has 0 aliphatic carbocycles. The third kappa shape index (κ3) is 5.55. The molecule has 1 atom stereocenters. The van der Waals surface area contributed by atoms with Gasteiger partial charge < -0.3 is 9.80 Å². The SMILES string of the molecule is CCCCN(C)c1ccc(C(=O)N2CCCC(C(=O)CC(C)C)C2)cn1. The molecule has 2 rings (SSSR count). The number of carbonyl (C=O) groups is 2. The van der Waals surface area contributed by atoms with Crippen molar-refractivity contribution in [3.05, 3.63) is 23.9 Å². The van der Waals surface area contributed by atoms with E-state index in [1.54, 1.807) is 6.20 Å². The third-order valence-corrected chi connectivity index (χ3v) is 5.01. The van der Waals surface area contributed by atoms with Crippen LogP contribution in [0.1, 0.15) is 63.2 Å². The number of pyridine rings is 1. The number of ketones is 1. The number of Topliss-reactive ketones (excluding diaryl/α,β-unsaturated/α-hetero) is 1. The Bertz CT molecular complexity index is 598. The van der Waals surface area contributed by atoms with Crippen LogP contribution in [0, 0.1) is 11.8 Å². The molecule has 0 radical (unpaired) electrons. The van der Waals surface area contributed by atoms with Gasteiger partial charge in [0.2, 0.25) is 0 Å². The van der Waals surface area contributed by atoms with E-state index in [4.69, 9.17) is 0 Å². The first-order valence-corrected chi connectivity index (χ1v) is 9.91.